The summed E-state index contributed by atoms with van der Waals surface area (Å²) in [5, 5.41) is 26.7. The van der Waals surface area contributed by atoms with Crippen molar-refractivity contribution in [1.29, 1.82) is 0 Å². The van der Waals surface area contributed by atoms with Gasteiger partial charge in [0.1, 0.15) is 17.1 Å². The summed E-state index contributed by atoms with van der Waals surface area (Å²) in [5.41, 5.74) is 5.39. The lowest BCUT2D eigenvalue weighted by atomic mass is 9.77. The summed E-state index contributed by atoms with van der Waals surface area (Å²) in [6, 6.07) is 2.56. The van der Waals surface area contributed by atoms with Crippen molar-refractivity contribution < 1.29 is 33.1 Å². The fourth-order valence-corrected chi connectivity index (χ4v) is 4.25. The molecule has 3 rings (SSSR count). The number of aromatic nitrogens is 2. The summed E-state index contributed by atoms with van der Waals surface area (Å²) in [6.45, 7) is -3.18. The van der Waals surface area contributed by atoms with E-state index < -0.39 is 36.2 Å². The molecule has 2 aromatic rings. The molecule has 1 aromatic carbocycles. The number of nitrogens with two attached hydrogens (primary N) is 1. The Bertz CT molecular complexity index is 809. The number of thioether (sulfide) groups is 1. The Morgan fingerprint density at radius 2 is 2.28 bits per heavy atom. The summed E-state index contributed by atoms with van der Waals surface area (Å²) in [7, 11) is -1.37. The Labute approximate surface area is 148 Å². The summed E-state index contributed by atoms with van der Waals surface area (Å²) in [6.07, 6.45) is 0.232. The molecule has 0 spiro atoms. The lowest BCUT2D eigenvalue weighted by Gasteiger charge is -2.28. The standard InChI is InChI=1S/C12H10BF2N3O5S2/c14-10(15)22-5-2-1-4-3-6(24-12-18-17-11(16)25-12)13(21)23-8(4)7(5)9(19)20/h1-2,6,10,21H,3H2,(H2,16,17)(H,19,20). The van der Waals surface area contributed by atoms with Gasteiger partial charge in [-0.15, -0.1) is 10.2 Å². The SMILES string of the molecule is Nc1nnc(SC2Cc3ccc(OC(F)F)c(C(=O)O)c3OB2O)s1. The quantitative estimate of drug-likeness (QED) is 0.653. The second-order valence-corrected chi connectivity index (χ2v) is 7.38. The molecule has 1 aliphatic rings. The zero-order chi connectivity index (χ0) is 18.1. The molecule has 0 fully saturated rings. The third-order valence-corrected chi connectivity index (χ3v) is 5.35. The summed E-state index contributed by atoms with van der Waals surface area (Å²) >= 11 is 2.31. The number of anilines is 1. The minimum absolute atomic E-state index is 0.188. The van der Waals surface area contributed by atoms with Gasteiger partial charge in [-0.05, 0) is 18.1 Å². The molecule has 1 aromatic heterocycles. The van der Waals surface area contributed by atoms with Crippen molar-refractivity contribution in [3.05, 3.63) is 23.3 Å². The van der Waals surface area contributed by atoms with Gasteiger partial charge in [-0.2, -0.15) is 8.78 Å². The molecule has 1 atom stereocenters. The van der Waals surface area contributed by atoms with E-state index in [0.717, 1.165) is 17.4 Å². The number of hydrogen-bond donors (Lipinski definition) is 3. The van der Waals surface area contributed by atoms with E-state index in [1.807, 2.05) is 0 Å². The maximum absolute atomic E-state index is 12.4. The van der Waals surface area contributed by atoms with Gasteiger partial charge in [-0.1, -0.05) is 29.2 Å². The van der Waals surface area contributed by atoms with E-state index in [9.17, 15) is 23.7 Å². The molecule has 0 bridgehead atoms. The number of fused-ring (bicyclic) bond motifs is 1. The van der Waals surface area contributed by atoms with Crippen LogP contribution in [0.1, 0.15) is 15.9 Å². The lowest BCUT2D eigenvalue weighted by Crippen LogP contribution is -2.40. The molecular formula is C12H10BF2N3O5S2. The van der Waals surface area contributed by atoms with Gasteiger partial charge in [0, 0.05) is 0 Å². The van der Waals surface area contributed by atoms with E-state index >= 15 is 0 Å². The van der Waals surface area contributed by atoms with Crippen LogP contribution in [0.5, 0.6) is 11.5 Å². The zero-order valence-corrected chi connectivity index (χ0v) is 13.9. The van der Waals surface area contributed by atoms with Crippen molar-refractivity contribution in [2.75, 3.05) is 5.73 Å². The molecule has 8 nitrogen and oxygen atoms in total. The summed E-state index contributed by atoms with van der Waals surface area (Å²) in [4.78, 5) is 11.4. The van der Waals surface area contributed by atoms with Gasteiger partial charge in [-0.25, -0.2) is 4.79 Å². The van der Waals surface area contributed by atoms with Crippen LogP contribution in [-0.4, -0.2) is 45.2 Å². The van der Waals surface area contributed by atoms with Crippen molar-refractivity contribution >= 4 is 41.3 Å². The molecule has 0 saturated heterocycles. The van der Waals surface area contributed by atoms with Gasteiger partial charge in [0.05, 0.1) is 5.15 Å². The predicted molar refractivity (Wildman–Crippen MR) is 86.3 cm³/mol. The normalized spacial score (nSPS) is 16.5. The molecule has 0 aliphatic carbocycles. The molecule has 132 valence electrons. The smallest absolute Gasteiger partial charge is 0.534 e. The predicted octanol–water partition coefficient (Wildman–Crippen LogP) is 1.54. The molecule has 1 aliphatic heterocycles. The first-order valence-corrected chi connectivity index (χ1v) is 8.49. The zero-order valence-electron chi connectivity index (χ0n) is 12.3. The highest BCUT2D eigenvalue weighted by atomic mass is 32.2. The third kappa shape index (κ3) is 3.77. The fourth-order valence-electron chi connectivity index (χ4n) is 2.31. The lowest BCUT2D eigenvalue weighted by molar-refractivity contribution is -0.0504. The van der Waals surface area contributed by atoms with Gasteiger partial charge in [0.2, 0.25) is 5.13 Å². The number of hydrogen-bond acceptors (Lipinski definition) is 9. The van der Waals surface area contributed by atoms with Crippen molar-refractivity contribution in [2.45, 2.75) is 22.5 Å². The second kappa shape index (κ2) is 7.02. The van der Waals surface area contributed by atoms with Gasteiger partial charge in [0.25, 0.3) is 0 Å². The number of halogens is 2. The van der Waals surface area contributed by atoms with Crippen molar-refractivity contribution in [1.82, 2.24) is 10.2 Å². The number of carbonyl (C=O) groups is 1. The topological polar surface area (TPSA) is 128 Å². The maximum atomic E-state index is 12.4. The molecule has 0 saturated carbocycles. The van der Waals surface area contributed by atoms with Gasteiger partial charge >= 0.3 is 19.7 Å². The molecule has 1 unspecified atom stereocenters. The highest BCUT2D eigenvalue weighted by Crippen LogP contribution is 2.40. The molecular weight excluding hydrogens is 379 g/mol. The second-order valence-electron chi connectivity index (χ2n) is 4.89. The third-order valence-electron chi connectivity index (χ3n) is 3.28. The number of nitrogen functional groups attached to an aromatic ring is 1. The van der Waals surface area contributed by atoms with E-state index in [-0.39, 0.29) is 17.3 Å². The van der Waals surface area contributed by atoms with Crippen LogP contribution in [0.15, 0.2) is 16.5 Å². The van der Waals surface area contributed by atoms with E-state index in [0.29, 0.717) is 9.90 Å². The Kier molecular flexibility index (Phi) is 4.97. The Morgan fingerprint density at radius 3 is 2.88 bits per heavy atom. The number of ether oxygens (including phenoxy) is 1. The number of carboxylic acid groups (broad SMARTS) is 1. The number of aromatic carboxylic acids is 1. The number of alkyl halides is 2. The molecule has 0 radical (unpaired) electrons. The van der Waals surface area contributed by atoms with E-state index in [4.69, 9.17) is 10.4 Å². The van der Waals surface area contributed by atoms with E-state index in [1.54, 1.807) is 0 Å². The first kappa shape index (κ1) is 17.7. The number of benzene rings is 1. The summed E-state index contributed by atoms with van der Waals surface area (Å²) < 4.78 is 34.9. The minimum atomic E-state index is -3.18. The van der Waals surface area contributed by atoms with Crippen LogP contribution in [0, 0.1) is 0 Å². The van der Waals surface area contributed by atoms with Crippen molar-refractivity contribution in [3.8, 4) is 11.5 Å². The molecule has 0 amide bonds. The number of carboxylic acids is 1. The Balaban J connectivity index is 1.90. The van der Waals surface area contributed by atoms with Crippen LogP contribution in [0.25, 0.3) is 0 Å². The van der Waals surface area contributed by atoms with Gasteiger partial charge < -0.3 is 25.3 Å². The van der Waals surface area contributed by atoms with Crippen molar-refractivity contribution in [2.24, 2.45) is 0 Å². The number of nitrogens with zero attached hydrogens (tertiary/aromatic N) is 2. The number of rotatable bonds is 5. The fraction of sp³-hybridized carbons (Fsp3) is 0.250. The average molecular weight is 389 g/mol. The van der Waals surface area contributed by atoms with Gasteiger partial charge in [0.15, 0.2) is 4.34 Å². The first-order chi connectivity index (χ1) is 11.8. The Morgan fingerprint density at radius 1 is 1.52 bits per heavy atom. The molecule has 4 N–H and O–H groups in total. The van der Waals surface area contributed by atoms with Crippen LogP contribution in [0.2, 0.25) is 0 Å². The van der Waals surface area contributed by atoms with Gasteiger partial charge in [-0.3, -0.25) is 0 Å². The first-order valence-electron chi connectivity index (χ1n) is 6.79. The van der Waals surface area contributed by atoms with Crippen LogP contribution in [0.4, 0.5) is 13.9 Å². The van der Waals surface area contributed by atoms with E-state index in [1.165, 1.54) is 17.8 Å². The summed E-state index contributed by atoms with van der Waals surface area (Å²) in [5.74, 6) is -2.22. The largest absolute Gasteiger partial charge is 0.537 e. The molecule has 25 heavy (non-hydrogen) atoms. The average Bonchev–Trinajstić information content (AvgIpc) is 2.92. The highest BCUT2D eigenvalue weighted by molar-refractivity contribution is 8.02. The minimum Gasteiger partial charge on any atom is -0.534 e. The van der Waals surface area contributed by atoms with Crippen LogP contribution >= 0.6 is 23.1 Å². The van der Waals surface area contributed by atoms with Crippen LogP contribution in [-0.2, 0) is 6.42 Å². The highest BCUT2D eigenvalue weighted by Gasteiger charge is 2.39. The van der Waals surface area contributed by atoms with Crippen LogP contribution < -0.4 is 15.1 Å². The molecule has 13 heteroatoms. The van der Waals surface area contributed by atoms with E-state index in [2.05, 4.69) is 14.9 Å². The molecule has 2 heterocycles. The van der Waals surface area contributed by atoms with Crippen LogP contribution in [0.3, 0.4) is 0 Å². The maximum Gasteiger partial charge on any atom is 0.537 e. The van der Waals surface area contributed by atoms with Crippen molar-refractivity contribution in [3.63, 3.8) is 0 Å². The monoisotopic (exact) mass is 389 g/mol. The Hall–Kier alpha value is -2.12.